The Hall–Kier alpha value is -1.16. The SMILES string of the molecule is C=CCN(C(=O)c1cccnc1Br)C(C)C. The van der Waals surface area contributed by atoms with Gasteiger partial charge in [-0.25, -0.2) is 4.98 Å². The van der Waals surface area contributed by atoms with Crippen molar-refractivity contribution >= 4 is 21.8 Å². The van der Waals surface area contributed by atoms with Gasteiger partial charge >= 0.3 is 0 Å². The molecule has 0 bridgehead atoms. The molecule has 16 heavy (non-hydrogen) atoms. The fraction of sp³-hybridized carbons (Fsp3) is 0.333. The van der Waals surface area contributed by atoms with Crippen molar-refractivity contribution in [3.63, 3.8) is 0 Å². The number of hydrogen-bond acceptors (Lipinski definition) is 2. The van der Waals surface area contributed by atoms with Gasteiger partial charge in [0, 0.05) is 18.8 Å². The van der Waals surface area contributed by atoms with Crippen LogP contribution in [-0.2, 0) is 0 Å². The number of aromatic nitrogens is 1. The summed E-state index contributed by atoms with van der Waals surface area (Å²) in [6.07, 6.45) is 3.37. The third-order valence-corrected chi connectivity index (χ3v) is 2.83. The topological polar surface area (TPSA) is 33.2 Å². The van der Waals surface area contributed by atoms with Gasteiger partial charge in [0.2, 0.25) is 0 Å². The van der Waals surface area contributed by atoms with Gasteiger partial charge in [0.25, 0.3) is 5.91 Å². The van der Waals surface area contributed by atoms with E-state index in [1.807, 2.05) is 13.8 Å². The van der Waals surface area contributed by atoms with E-state index in [0.29, 0.717) is 16.7 Å². The number of carbonyl (C=O) groups is 1. The summed E-state index contributed by atoms with van der Waals surface area (Å²) in [6.45, 7) is 8.16. The number of pyridine rings is 1. The van der Waals surface area contributed by atoms with Crippen LogP contribution in [0.15, 0.2) is 35.6 Å². The maximum Gasteiger partial charge on any atom is 0.257 e. The molecule has 0 aliphatic heterocycles. The van der Waals surface area contributed by atoms with E-state index in [9.17, 15) is 4.79 Å². The highest BCUT2D eigenvalue weighted by molar-refractivity contribution is 9.10. The van der Waals surface area contributed by atoms with Crippen LogP contribution in [0.4, 0.5) is 0 Å². The molecule has 0 N–H and O–H groups in total. The van der Waals surface area contributed by atoms with E-state index in [1.165, 1.54) is 0 Å². The summed E-state index contributed by atoms with van der Waals surface area (Å²) >= 11 is 3.28. The summed E-state index contributed by atoms with van der Waals surface area (Å²) in [5.41, 5.74) is 0.582. The molecule has 86 valence electrons. The van der Waals surface area contributed by atoms with E-state index >= 15 is 0 Å². The van der Waals surface area contributed by atoms with Gasteiger partial charge < -0.3 is 4.90 Å². The summed E-state index contributed by atoms with van der Waals surface area (Å²) in [7, 11) is 0. The smallest absolute Gasteiger partial charge is 0.257 e. The molecule has 0 radical (unpaired) electrons. The highest BCUT2D eigenvalue weighted by Gasteiger charge is 2.19. The Morgan fingerprint density at radius 1 is 1.69 bits per heavy atom. The Morgan fingerprint density at radius 2 is 2.38 bits per heavy atom. The fourth-order valence-corrected chi connectivity index (χ4v) is 1.79. The molecule has 0 aliphatic rings. The second-order valence-electron chi connectivity index (χ2n) is 3.68. The minimum atomic E-state index is -0.0325. The van der Waals surface area contributed by atoms with Crippen LogP contribution in [0.5, 0.6) is 0 Å². The molecular weight excluding hydrogens is 268 g/mol. The Balaban J connectivity index is 2.99. The van der Waals surface area contributed by atoms with Crippen LogP contribution in [0, 0.1) is 0 Å². The van der Waals surface area contributed by atoms with E-state index in [-0.39, 0.29) is 11.9 Å². The third kappa shape index (κ3) is 2.92. The monoisotopic (exact) mass is 282 g/mol. The molecule has 0 atom stereocenters. The van der Waals surface area contributed by atoms with Gasteiger partial charge in [-0.3, -0.25) is 4.79 Å². The van der Waals surface area contributed by atoms with Crippen molar-refractivity contribution in [1.29, 1.82) is 0 Å². The van der Waals surface area contributed by atoms with E-state index < -0.39 is 0 Å². The number of halogens is 1. The molecule has 0 aliphatic carbocycles. The quantitative estimate of drug-likeness (QED) is 0.629. The molecule has 1 amide bonds. The molecule has 3 nitrogen and oxygen atoms in total. The number of rotatable bonds is 4. The van der Waals surface area contributed by atoms with E-state index in [0.717, 1.165) is 0 Å². The van der Waals surface area contributed by atoms with Gasteiger partial charge in [0.15, 0.2) is 0 Å². The summed E-state index contributed by atoms with van der Waals surface area (Å²) in [4.78, 5) is 18.0. The molecule has 1 aromatic heterocycles. The van der Waals surface area contributed by atoms with Gasteiger partial charge in [-0.05, 0) is 41.9 Å². The molecule has 4 heteroatoms. The zero-order valence-corrected chi connectivity index (χ0v) is 11.1. The van der Waals surface area contributed by atoms with Crippen molar-refractivity contribution in [2.24, 2.45) is 0 Å². The lowest BCUT2D eigenvalue weighted by atomic mass is 10.2. The minimum Gasteiger partial charge on any atom is -0.332 e. The van der Waals surface area contributed by atoms with Crippen LogP contribution in [0.2, 0.25) is 0 Å². The first kappa shape index (κ1) is 12.9. The first-order valence-electron chi connectivity index (χ1n) is 5.10. The number of hydrogen-bond donors (Lipinski definition) is 0. The van der Waals surface area contributed by atoms with Crippen LogP contribution in [0.25, 0.3) is 0 Å². The summed E-state index contributed by atoms with van der Waals surface area (Å²) < 4.78 is 0.578. The first-order chi connectivity index (χ1) is 7.57. The lowest BCUT2D eigenvalue weighted by Crippen LogP contribution is -2.37. The third-order valence-electron chi connectivity index (χ3n) is 2.20. The normalized spacial score (nSPS) is 10.2. The second kappa shape index (κ2) is 5.80. The number of amides is 1. The molecule has 1 aromatic rings. The highest BCUT2D eigenvalue weighted by Crippen LogP contribution is 2.16. The molecule has 0 saturated carbocycles. The maximum absolute atomic E-state index is 12.2. The molecule has 0 spiro atoms. The molecule has 1 heterocycles. The van der Waals surface area contributed by atoms with Crippen LogP contribution in [0.1, 0.15) is 24.2 Å². The van der Waals surface area contributed by atoms with E-state index in [4.69, 9.17) is 0 Å². The Morgan fingerprint density at radius 3 is 2.88 bits per heavy atom. The van der Waals surface area contributed by atoms with Crippen LogP contribution < -0.4 is 0 Å². The number of carbonyl (C=O) groups excluding carboxylic acids is 1. The van der Waals surface area contributed by atoms with E-state index in [1.54, 1.807) is 29.3 Å². The number of nitrogens with zero attached hydrogens (tertiary/aromatic N) is 2. The lowest BCUT2D eigenvalue weighted by Gasteiger charge is -2.25. The predicted molar refractivity (Wildman–Crippen MR) is 68.3 cm³/mol. The molecule has 1 rings (SSSR count). The summed E-state index contributed by atoms with van der Waals surface area (Å²) in [5, 5.41) is 0. The summed E-state index contributed by atoms with van der Waals surface area (Å²) in [6, 6.07) is 3.65. The predicted octanol–water partition coefficient (Wildman–Crippen LogP) is 2.88. The van der Waals surface area contributed by atoms with Gasteiger partial charge in [-0.15, -0.1) is 6.58 Å². The Kier molecular flexibility index (Phi) is 4.68. The maximum atomic E-state index is 12.2. The average molecular weight is 283 g/mol. The average Bonchev–Trinajstić information content (AvgIpc) is 2.25. The van der Waals surface area contributed by atoms with Crippen molar-refractivity contribution in [3.05, 3.63) is 41.2 Å². The second-order valence-corrected chi connectivity index (χ2v) is 4.43. The first-order valence-corrected chi connectivity index (χ1v) is 5.89. The molecular formula is C12H15BrN2O. The molecule has 0 fully saturated rings. The van der Waals surface area contributed by atoms with Crippen LogP contribution in [0.3, 0.4) is 0 Å². The van der Waals surface area contributed by atoms with Crippen molar-refractivity contribution in [1.82, 2.24) is 9.88 Å². The Bertz CT molecular complexity index is 390. The molecule has 0 saturated heterocycles. The largest absolute Gasteiger partial charge is 0.332 e. The zero-order chi connectivity index (χ0) is 12.1. The van der Waals surface area contributed by atoms with Crippen molar-refractivity contribution < 1.29 is 4.79 Å². The Labute approximate surface area is 104 Å². The van der Waals surface area contributed by atoms with Gasteiger partial charge in [-0.2, -0.15) is 0 Å². The van der Waals surface area contributed by atoms with Crippen molar-refractivity contribution in [3.8, 4) is 0 Å². The minimum absolute atomic E-state index is 0.0325. The van der Waals surface area contributed by atoms with Gasteiger partial charge in [0.1, 0.15) is 4.60 Å². The zero-order valence-electron chi connectivity index (χ0n) is 9.48. The van der Waals surface area contributed by atoms with Crippen molar-refractivity contribution in [2.75, 3.05) is 6.54 Å². The molecule has 0 aromatic carbocycles. The van der Waals surface area contributed by atoms with Gasteiger partial charge in [0.05, 0.1) is 5.56 Å². The van der Waals surface area contributed by atoms with Crippen molar-refractivity contribution in [2.45, 2.75) is 19.9 Å². The standard InChI is InChI=1S/C12H15BrN2O/c1-4-8-15(9(2)3)12(16)10-6-5-7-14-11(10)13/h4-7,9H,1,8H2,2-3H3. The van der Waals surface area contributed by atoms with Crippen LogP contribution >= 0.6 is 15.9 Å². The lowest BCUT2D eigenvalue weighted by molar-refractivity contribution is 0.0727. The van der Waals surface area contributed by atoms with Gasteiger partial charge in [-0.1, -0.05) is 6.08 Å². The molecule has 0 unspecified atom stereocenters. The van der Waals surface area contributed by atoms with E-state index in [2.05, 4.69) is 27.5 Å². The fourth-order valence-electron chi connectivity index (χ4n) is 1.37. The highest BCUT2D eigenvalue weighted by atomic mass is 79.9. The van der Waals surface area contributed by atoms with Crippen LogP contribution in [-0.4, -0.2) is 28.4 Å². The summed E-state index contributed by atoms with van der Waals surface area (Å²) in [5.74, 6) is -0.0325.